The van der Waals surface area contributed by atoms with E-state index in [0.29, 0.717) is 0 Å². The number of hydrogen-bond acceptors (Lipinski definition) is 6. The maximum atomic E-state index is 5.17. The van der Waals surface area contributed by atoms with Crippen molar-refractivity contribution in [2.24, 2.45) is 17.8 Å². The van der Waals surface area contributed by atoms with Gasteiger partial charge in [-0.05, 0) is 272 Å². The van der Waals surface area contributed by atoms with Crippen LogP contribution in [0.1, 0.15) is 287 Å². The zero-order valence-electron chi connectivity index (χ0n) is 68.2. The van der Waals surface area contributed by atoms with E-state index in [1.807, 2.05) is 0 Å². The number of likely N-dealkylation sites (tertiary alicyclic amines) is 6. The van der Waals surface area contributed by atoms with Gasteiger partial charge >= 0.3 is 0 Å². The molecule has 6 heteroatoms. The molecule has 4 atom stereocenters. The lowest BCUT2D eigenvalue weighted by molar-refractivity contribution is 0.144. The van der Waals surface area contributed by atoms with Crippen molar-refractivity contribution in [3.63, 3.8) is 0 Å². The van der Waals surface area contributed by atoms with Gasteiger partial charge in [0.05, 0.1) is 6.54 Å². The molecule has 0 radical (unpaired) electrons. The predicted molar refractivity (Wildman–Crippen MR) is 456 cm³/mol. The van der Waals surface area contributed by atoms with E-state index in [4.69, 9.17) is 6.42 Å². The maximum Gasteiger partial charge on any atom is 0.0598 e. The molecule has 580 valence electrons. The van der Waals surface area contributed by atoms with Gasteiger partial charge in [0.2, 0.25) is 0 Å². The van der Waals surface area contributed by atoms with E-state index in [9.17, 15) is 0 Å². The number of unbranched alkanes of at least 4 members (excludes halogenated alkanes) is 15. The van der Waals surface area contributed by atoms with Crippen molar-refractivity contribution in [3.05, 3.63) is 179 Å². The van der Waals surface area contributed by atoms with E-state index in [1.165, 1.54) is 383 Å². The molecule has 6 aliphatic rings. The highest BCUT2D eigenvalue weighted by Crippen LogP contribution is 2.27. The zero-order chi connectivity index (χ0) is 73.2. The summed E-state index contributed by atoms with van der Waals surface area (Å²) in [6.45, 7) is 31.9. The first-order valence-electron chi connectivity index (χ1n) is 44.4. The smallest absolute Gasteiger partial charge is 0.0598 e. The number of rotatable bonds is 36. The number of terminal acetylenes is 1. The van der Waals surface area contributed by atoms with Crippen molar-refractivity contribution in [1.29, 1.82) is 0 Å². The van der Waals surface area contributed by atoms with Crippen LogP contribution < -0.4 is 0 Å². The number of nitrogens with zero attached hydrogens (tertiary/aromatic N) is 6. The van der Waals surface area contributed by atoms with Crippen LogP contribution in [-0.4, -0.2) is 146 Å². The van der Waals surface area contributed by atoms with Gasteiger partial charge in [-0.1, -0.05) is 308 Å². The lowest BCUT2D eigenvalue weighted by Gasteiger charge is -2.36. The first kappa shape index (κ1) is 88.3. The second-order valence-corrected chi connectivity index (χ2v) is 32.6. The summed E-state index contributed by atoms with van der Waals surface area (Å²) in [6, 6.07) is 56.6. The molecule has 0 saturated carbocycles. The van der Waals surface area contributed by atoms with Crippen LogP contribution in [0, 0.1) is 30.1 Å². The highest BCUT2D eigenvalue weighted by atomic mass is 15.2. The molecule has 6 aliphatic heterocycles. The minimum atomic E-state index is 0.790. The van der Waals surface area contributed by atoms with Crippen molar-refractivity contribution < 1.29 is 0 Å². The molecule has 0 bridgehead atoms. The number of piperidine rings is 6. The van der Waals surface area contributed by atoms with Crippen molar-refractivity contribution in [2.75, 3.05) is 105 Å². The van der Waals surface area contributed by atoms with E-state index < -0.39 is 0 Å². The molecule has 6 heterocycles. The van der Waals surface area contributed by atoms with Crippen LogP contribution in [0.4, 0.5) is 0 Å². The number of benzene rings is 5. The summed E-state index contributed by atoms with van der Waals surface area (Å²) in [6.07, 6.45) is 60.1. The fourth-order valence-corrected chi connectivity index (χ4v) is 17.3. The molecule has 5 aromatic carbocycles. The van der Waals surface area contributed by atoms with Crippen molar-refractivity contribution in [2.45, 2.75) is 304 Å². The average molecular weight is 1420 g/mol. The first-order valence-corrected chi connectivity index (χ1v) is 44.4. The first-order chi connectivity index (χ1) is 51.4. The Morgan fingerprint density at radius 2 is 0.577 bits per heavy atom. The van der Waals surface area contributed by atoms with Crippen molar-refractivity contribution >= 4 is 0 Å². The van der Waals surface area contributed by atoms with Crippen molar-refractivity contribution in [1.82, 2.24) is 29.4 Å². The second kappa shape index (κ2) is 59.4. The zero-order valence-corrected chi connectivity index (χ0v) is 68.2. The van der Waals surface area contributed by atoms with Crippen LogP contribution in [0.3, 0.4) is 0 Å². The molecule has 0 spiro atoms. The molecule has 4 unspecified atom stereocenters. The Morgan fingerprint density at radius 1 is 0.269 bits per heavy atom. The molecule has 6 nitrogen and oxygen atoms in total. The minimum absolute atomic E-state index is 0.790. The Labute approximate surface area is 643 Å². The highest BCUT2D eigenvalue weighted by molar-refractivity contribution is 5.19. The molecular formula is C98H158N6. The van der Waals surface area contributed by atoms with E-state index in [2.05, 4.69) is 222 Å². The maximum absolute atomic E-state index is 5.17. The van der Waals surface area contributed by atoms with E-state index in [-0.39, 0.29) is 0 Å². The van der Waals surface area contributed by atoms with E-state index >= 15 is 0 Å². The van der Waals surface area contributed by atoms with Gasteiger partial charge < -0.3 is 24.5 Å². The molecule has 0 amide bonds. The fourth-order valence-electron chi connectivity index (χ4n) is 17.3. The van der Waals surface area contributed by atoms with Gasteiger partial charge in [0.15, 0.2) is 0 Å². The summed E-state index contributed by atoms with van der Waals surface area (Å²) >= 11 is 0. The minimum Gasteiger partial charge on any atom is -0.303 e. The van der Waals surface area contributed by atoms with Gasteiger partial charge in [-0.25, -0.2) is 0 Å². The number of hydrogen-bond donors (Lipinski definition) is 0. The summed E-state index contributed by atoms with van der Waals surface area (Å²) < 4.78 is 0. The second-order valence-electron chi connectivity index (χ2n) is 32.6. The molecule has 0 aliphatic carbocycles. The molecular weight excluding hydrogens is 1260 g/mol. The predicted octanol–water partition coefficient (Wildman–Crippen LogP) is 24.0. The van der Waals surface area contributed by atoms with Gasteiger partial charge in [0.1, 0.15) is 0 Å². The summed E-state index contributed by atoms with van der Waals surface area (Å²) in [4.78, 5) is 15.9. The normalized spacial score (nSPS) is 20.1. The van der Waals surface area contributed by atoms with Gasteiger partial charge in [0, 0.05) is 25.2 Å². The third-order valence-electron chi connectivity index (χ3n) is 23.5. The topological polar surface area (TPSA) is 19.4 Å². The third-order valence-corrected chi connectivity index (χ3v) is 23.5. The van der Waals surface area contributed by atoms with Crippen LogP contribution in [0.2, 0.25) is 0 Å². The molecule has 5 aromatic rings. The molecule has 11 rings (SSSR count). The molecule has 0 N–H and O–H groups in total. The molecule has 0 aromatic heterocycles. The highest BCUT2D eigenvalue weighted by Gasteiger charge is 2.25. The van der Waals surface area contributed by atoms with Gasteiger partial charge in [-0.15, -0.1) is 6.42 Å². The van der Waals surface area contributed by atoms with Crippen LogP contribution in [0.5, 0.6) is 0 Å². The largest absolute Gasteiger partial charge is 0.303 e. The average Bonchev–Trinajstić information content (AvgIpc) is 0.936. The van der Waals surface area contributed by atoms with Gasteiger partial charge in [-0.2, -0.15) is 0 Å². The summed E-state index contributed by atoms with van der Waals surface area (Å²) in [5.74, 6) is 5.33. The molecule has 6 fully saturated rings. The van der Waals surface area contributed by atoms with Crippen LogP contribution in [0.25, 0.3) is 0 Å². The lowest BCUT2D eigenvalue weighted by atomic mass is 9.90. The van der Waals surface area contributed by atoms with E-state index in [1.54, 1.807) is 0 Å². The molecule has 6 saturated heterocycles. The Morgan fingerprint density at radius 3 is 0.923 bits per heavy atom. The summed E-state index contributed by atoms with van der Waals surface area (Å²) in [7, 11) is 0. The van der Waals surface area contributed by atoms with Gasteiger partial charge in [0.25, 0.3) is 0 Å². The fraction of sp³-hybridized carbons (Fsp3) is 0.673. The monoisotopic (exact) mass is 1420 g/mol. The molecule has 104 heavy (non-hydrogen) atoms. The van der Waals surface area contributed by atoms with Crippen LogP contribution in [0.15, 0.2) is 152 Å². The SMILES string of the molecule is C#CCN1CCCCC1.CCCCCCN1CCC(Cc2ccccc2)CC1.CCCCCCN1CCCC(Cc2ccccc2)C1.CCCCCCN1CCCC(Cc2ccccc2)C1.CCCCCCN1CCCCC1Cc1ccccc1.CCCCCCN1CCCCC1Cc1ccccc1. The van der Waals surface area contributed by atoms with Crippen LogP contribution >= 0.6 is 0 Å². The Kier molecular flexibility index (Phi) is 50.4. The Bertz CT molecular complexity index is 2580. The van der Waals surface area contributed by atoms with Crippen molar-refractivity contribution in [3.8, 4) is 12.3 Å². The Balaban J connectivity index is 0.000000198. The summed E-state index contributed by atoms with van der Waals surface area (Å²) in [5.41, 5.74) is 7.56. The standard InChI is InChI=1S/5C18H29N.C8H13N/c2*1-2-3-4-9-14-19-15-10-8-13-18(19)16-17-11-6-5-7-12-17;2*1-2-3-4-8-13-19-14-9-12-18(16-19)15-17-10-6-5-7-11-17;1-2-3-4-8-13-19-14-11-18(12-15-19)16-17-9-6-5-7-10-17;1-2-6-9-7-4-3-5-8-9/h2*5-7,11-12,18H,2-4,8-10,13-16H2,1H3;2*5-7,10-11,18H,2-4,8-9,12-16H2,1H3;5-7,9-10,18H,2-4,8,11-16H2,1H3;1H,3-8H2. The quantitative estimate of drug-likeness (QED) is 0.0292. The van der Waals surface area contributed by atoms with Crippen LogP contribution in [-0.2, 0) is 32.1 Å². The summed E-state index contributed by atoms with van der Waals surface area (Å²) in [5, 5.41) is 0. The van der Waals surface area contributed by atoms with Gasteiger partial charge in [-0.3, -0.25) is 4.90 Å². The third kappa shape index (κ3) is 41.1. The lowest BCUT2D eigenvalue weighted by Crippen LogP contribution is -2.41. The Hall–Kier alpha value is -4.58. The van der Waals surface area contributed by atoms with E-state index in [0.717, 1.165) is 36.4 Å².